The number of carbonyl (C=O) groups is 3. The summed E-state index contributed by atoms with van der Waals surface area (Å²) in [5.41, 5.74) is 0. The SMILES string of the molecule is C=CC(=O)O[C@@H](C)[C@@H](/C=C/C(=O)O[C@@H](C)CC(=O)O[C@@H](C)/C=N/O)OCOCCOC. The van der Waals surface area contributed by atoms with Crippen LogP contribution in [0.2, 0.25) is 0 Å². The van der Waals surface area contributed by atoms with Crippen LogP contribution in [0.1, 0.15) is 27.2 Å². The van der Waals surface area contributed by atoms with Gasteiger partial charge in [-0.2, -0.15) is 0 Å². The highest BCUT2D eigenvalue weighted by Gasteiger charge is 2.20. The molecule has 0 saturated heterocycles. The Balaban J connectivity index is 4.74. The van der Waals surface area contributed by atoms with Gasteiger partial charge in [0.25, 0.3) is 0 Å². The predicted octanol–water partition coefficient (Wildman–Crippen LogP) is 1.38. The molecule has 0 rings (SSSR count). The monoisotopic (exact) mass is 445 g/mol. The maximum Gasteiger partial charge on any atom is 0.330 e. The Bertz CT molecular complexity index is 619. The van der Waals surface area contributed by atoms with Crippen molar-refractivity contribution in [2.45, 2.75) is 51.6 Å². The lowest BCUT2D eigenvalue weighted by molar-refractivity contribution is -0.155. The zero-order valence-electron chi connectivity index (χ0n) is 18.2. The molecule has 11 heteroatoms. The minimum atomic E-state index is -0.808. The molecule has 0 unspecified atom stereocenters. The number of rotatable bonds is 16. The summed E-state index contributed by atoms with van der Waals surface area (Å²) in [5.74, 6) is -2.01. The Morgan fingerprint density at radius 3 is 2.39 bits per heavy atom. The van der Waals surface area contributed by atoms with Crippen molar-refractivity contribution < 1.29 is 48.0 Å². The van der Waals surface area contributed by atoms with E-state index in [0.29, 0.717) is 13.2 Å². The highest BCUT2D eigenvalue weighted by atomic mass is 16.7. The molecule has 0 saturated carbocycles. The van der Waals surface area contributed by atoms with E-state index in [-0.39, 0.29) is 13.2 Å². The minimum Gasteiger partial charge on any atom is -0.459 e. The number of carbonyl (C=O) groups excluding carboxylic acids is 3. The fraction of sp³-hybridized carbons (Fsp3) is 0.600. The van der Waals surface area contributed by atoms with Crippen LogP contribution < -0.4 is 0 Å². The number of esters is 3. The summed E-state index contributed by atoms with van der Waals surface area (Å²) in [7, 11) is 1.53. The fourth-order valence-electron chi connectivity index (χ4n) is 2.04. The molecule has 0 aromatic carbocycles. The highest BCUT2D eigenvalue weighted by Crippen LogP contribution is 2.09. The van der Waals surface area contributed by atoms with Gasteiger partial charge in [0.05, 0.1) is 25.8 Å². The van der Waals surface area contributed by atoms with Crippen LogP contribution in [-0.2, 0) is 42.8 Å². The molecule has 0 aromatic rings. The maximum absolute atomic E-state index is 12.0. The number of hydrogen-bond donors (Lipinski definition) is 1. The molecule has 0 radical (unpaired) electrons. The van der Waals surface area contributed by atoms with E-state index in [1.165, 1.54) is 27.0 Å². The molecule has 0 aliphatic rings. The second-order valence-electron chi connectivity index (χ2n) is 6.27. The van der Waals surface area contributed by atoms with Crippen molar-refractivity contribution in [2.24, 2.45) is 5.16 Å². The Morgan fingerprint density at radius 1 is 1.06 bits per heavy atom. The number of methoxy groups -OCH3 is 1. The molecular formula is C20H31NO10. The minimum absolute atomic E-state index is 0.124. The molecule has 0 spiro atoms. The first kappa shape index (κ1) is 28.2. The molecule has 176 valence electrons. The van der Waals surface area contributed by atoms with E-state index in [9.17, 15) is 14.4 Å². The van der Waals surface area contributed by atoms with Crippen LogP contribution in [-0.4, -0.2) is 80.9 Å². The molecule has 4 atom stereocenters. The Hall–Kier alpha value is -2.76. The van der Waals surface area contributed by atoms with Gasteiger partial charge in [-0.15, -0.1) is 0 Å². The molecule has 0 fully saturated rings. The Labute approximate surface area is 181 Å². The third-order valence-electron chi connectivity index (χ3n) is 3.49. The molecule has 0 amide bonds. The van der Waals surface area contributed by atoms with E-state index >= 15 is 0 Å². The third kappa shape index (κ3) is 14.8. The van der Waals surface area contributed by atoms with Gasteiger partial charge in [0, 0.05) is 19.3 Å². The largest absolute Gasteiger partial charge is 0.459 e. The summed E-state index contributed by atoms with van der Waals surface area (Å²) in [5, 5.41) is 11.2. The predicted molar refractivity (Wildman–Crippen MR) is 108 cm³/mol. The smallest absolute Gasteiger partial charge is 0.330 e. The summed E-state index contributed by atoms with van der Waals surface area (Å²) in [6, 6.07) is 0. The summed E-state index contributed by atoms with van der Waals surface area (Å²) in [6.45, 7) is 8.48. The lowest BCUT2D eigenvalue weighted by Crippen LogP contribution is -2.30. The van der Waals surface area contributed by atoms with Gasteiger partial charge >= 0.3 is 17.9 Å². The summed E-state index contributed by atoms with van der Waals surface area (Å²) in [4.78, 5) is 35.2. The first-order valence-corrected chi connectivity index (χ1v) is 9.50. The van der Waals surface area contributed by atoms with Gasteiger partial charge in [0.2, 0.25) is 0 Å². The van der Waals surface area contributed by atoms with Gasteiger partial charge in [-0.1, -0.05) is 11.7 Å². The summed E-state index contributed by atoms with van der Waals surface area (Å²) >= 11 is 0. The van der Waals surface area contributed by atoms with E-state index in [1.54, 1.807) is 6.92 Å². The van der Waals surface area contributed by atoms with Crippen molar-refractivity contribution in [1.82, 2.24) is 0 Å². The maximum atomic E-state index is 12.0. The molecule has 31 heavy (non-hydrogen) atoms. The molecule has 0 aromatic heterocycles. The van der Waals surface area contributed by atoms with Crippen LogP contribution in [0.25, 0.3) is 0 Å². The van der Waals surface area contributed by atoms with E-state index in [2.05, 4.69) is 11.7 Å². The molecule has 0 aliphatic carbocycles. The lowest BCUT2D eigenvalue weighted by Gasteiger charge is -2.21. The van der Waals surface area contributed by atoms with E-state index < -0.39 is 42.3 Å². The topological polar surface area (TPSA) is 139 Å². The van der Waals surface area contributed by atoms with Crippen molar-refractivity contribution >= 4 is 24.1 Å². The number of nitrogens with zero attached hydrogens (tertiary/aromatic N) is 1. The van der Waals surface area contributed by atoms with Crippen molar-refractivity contribution in [3.8, 4) is 0 Å². The molecule has 0 heterocycles. The molecule has 1 N–H and O–H groups in total. The van der Waals surface area contributed by atoms with Gasteiger partial charge in [-0.25, -0.2) is 9.59 Å². The molecule has 0 aliphatic heterocycles. The Morgan fingerprint density at radius 2 is 1.77 bits per heavy atom. The average molecular weight is 445 g/mol. The third-order valence-corrected chi connectivity index (χ3v) is 3.49. The van der Waals surface area contributed by atoms with E-state index in [0.717, 1.165) is 18.4 Å². The van der Waals surface area contributed by atoms with Crippen LogP contribution in [0.3, 0.4) is 0 Å². The quantitative estimate of drug-likeness (QED) is 0.0541. The van der Waals surface area contributed by atoms with Crippen molar-refractivity contribution in [3.05, 3.63) is 24.8 Å². The standard InChI is InChI=1S/C20H31NO10/c1-6-18(22)31-16(4)17(28-13-27-10-9-26-5)7-8-19(23)29-14(2)11-20(24)30-15(3)12-21-25/h6-8,12,14-17,25H,1,9-11,13H2,2-5H3/b8-7+,21-12+/t14-,15-,16-,17+/m0/s1. The fourth-order valence-corrected chi connectivity index (χ4v) is 2.04. The van der Waals surface area contributed by atoms with Gasteiger partial charge in [-0.05, 0) is 26.8 Å². The lowest BCUT2D eigenvalue weighted by atomic mass is 10.2. The van der Waals surface area contributed by atoms with Gasteiger partial charge in [0.1, 0.15) is 31.2 Å². The zero-order valence-corrected chi connectivity index (χ0v) is 18.2. The number of ether oxygens (including phenoxy) is 6. The highest BCUT2D eigenvalue weighted by molar-refractivity contribution is 5.83. The second-order valence-corrected chi connectivity index (χ2v) is 6.27. The zero-order chi connectivity index (χ0) is 23.6. The number of hydrogen-bond acceptors (Lipinski definition) is 11. The van der Waals surface area contributed by atoms with E-state index in [1.807, 2.05) is 0 Å². The summed E-state index contributed by atoms with van der Waals surface area (Å²) in [6.07, 6.45) is 1.27. The normalized spacial score (nSPS) is 15.2. The van der Waals surface area contributed by atoms with Crippen LogP contribution in [0, 0.1) is 0 Å². The first-order valence-electron chi connectivity index (χ1n) is 9.50. The van der Waals surface area contributed by atoms with Crippen LogP contribution >= 0.6 is 0 Å². The van der Waals surface area contributed by atoms with Crippen molar-refractivity contribution in [2.75, 3.05) is 27.1 Å². The van der Waals surface area contributed by atoms with Gasteiger partial charge < -0.3 is 33.6 Å². The number of oxime groups is 1. The molecule has 11 nitrogen and oxygen atoms in total. The van der Waals surface area contributed by atoms with E-state index in [4.69, 9.17) is 33.6 Å². The molecular weight excluding hydrogens is 414 g/mol. The molecule has 0 bridgehead atoms. The summed E-state index contributed by atoms with van der Waals surface area (Å²) < 4.78 is 30.7. The van der Waals surface area contributed by atoms with Gasteiger partial charge in [0.15, 0.2) is 0 Å². The second kappa shape index (κ2) is 17.0. The first-order chi connectivity index (χ1) is 14.7. The van der Waals surface area contributed by atoms with Crippen molar-refractivity contribution in [1.29, 1.82) is 0 Å². The van der Waals surface area contributed by atoms with Crippen LogP contribution in [0.4, 0.5) is 0 Å². The van der Waals surface area contributed by atoms with Crippen molar-refractivity contribution in [3.63, 3.8) is 0 Å². The van der Waals surface area contributed by atoms with Crippen LogP contribution in [0.15, 0.2) is 30.0 Å². The Kier molecular flexibility index (Phi) is 15.5. The average Bonchev–Trinajstić information content (AvgIpc) is 2.69. The van der Waals surface area contributed by atoms with Crippen LogP contribution in [0.5, 0.6) is 0 Å². The van der Waals surface area contributed by atoms with Gasteiger partial charge in [-0.3, -0.25) is 4.79 Å².